The standard InChI is InChI=1S/C15H11Cl2N3O2/c16-11-6-10(14-19-20-15(18)22-14)7-12(17)13(11)21-8-9-4-2-1-3-5-9/h1-7H,8H2,(H2,18,20). The molecule has 0 atom stereocenters. The molecule has 0 amide bonds. The van der Waals surface area contributed by atoms with Gasteiger partial charge in [-0.25, -0.2) is 0 Å². The lowest BCUT2D eigenvalue weighted by Crippen LogP contribution is -1.96. The Morgan fingerprint density at radius 3 is 2.32 bits per heavy atom. The zero-order chi connectivity index (χ0) is 15.5. The summed E-state index contributed by atoms with van der Waals surface area (Å²) in [6.07, 6.45) is 0. The summed E-state index contributed by atoms with van der Waals surface area (Å²) in [7, 11) is 0. The van der Waals surface area contributed by atoms with Gasteiger partial charge in [0.25, 0.3) is 0 Å². The van der Waals surface area contributed by atoms with Crippen molar-refractivity contribution < 1.29 is 9.15 Å². The van der Waals surface area contributed by atoms with E-state index in [2.05, 4.69) is 10.2 Å². The first-order chi connectivity index (χ1) is 10.6. The number of rotatable bonds is 4. The van der Waals surface area contributed by atoms with E-state index < -0.39 is 0 Å². The highest BCUT2D eigenvalue weighted by atomic mass is 35.5. The molecule has 1 heterocycles. The third-order valence-corrected chi connectivity index (χ3v) is 3.47. The number of hydrogen-bond acceptors (Lipinski definition) is 5. The van der Waals surface area contributed by atoms with E-state index >= 15 is 0 Å². The van der Waals surface area contributed by atoms with Crippen LogP contribution < -0.4 is 10.5 Å². The van der Waals surface area contributed by atoms with Gasteiger partial charge in [0, 0.05) is 5.56 Å². The van der Waals surface area contributed by atoms with Gasteiger partial charge in [0.15, 0.2) is 5.75 Å². The maximum Gasteiger partial charge on any atom is 0.313 e. The zero-order valence-electron chi connectivity index (χ0n) is 11.3. The predicted octanol–water partition coefficient (Wildman–Crippen LogP) is 4.20. The summed E-state index contributed by atoms with van der Waals surface area (Å²) in [6, 6.07) is 13.0. The largest absolute Gasteiger partial charge is 0.486 e. The van der Waals surface area contributed by atoms with Crippen molar-refractivity contribution in [3.63, 3.8) is 0 Å². The van der Waals surface area contributed by atoms with Crippen LogP contribution in [0.1, 0.15) is 5.56 Å². The zero-order valence-corrected chi connectivity index (χ0v) is 12.8. The summed E-state index contributed by atoms with van der Waals surface area (Å²) in [5, 5.41) is 8.10. The molecule has 0 spiro atoms. The van der Waals surface area contributed by atoms with Crippen LogP contribution in [0.3, 0.4) is 0 Å². The lowest BCUT2D eigenvalue weighted by molar-refractivity contribution is 0.306. The number of nitrogens with zero attached hydrogens (tertiary/aromatic N) is 2. The van der Waals surface area contributed by atoms with Gasteiger partial charge in [-0.1, -0.05) is 58.6 Å². The van der Waals surface area contributed by atoms with Crippen LogP contribution in [-0.4, -0.2) is 10.2 Å². The second kappa shape index (κ2) is 6.25. The highest BCUT2D eigenvalue weighted by Gasteiger charge is 2.14. The molecule has 0 saturated carbocycles. The summed E-state index contributed by atoms with van der Waals surface area (Å²) < 4.78 is 10.8. The van der Waals surface area contributed by atoms with Crippen molar-refractivity contribution in [2.75, 3.05) is 5.73 Å². The van der Waals surface area contributed by atoms with Crippen LogP contribution in [0.2, 0.25) is 10.0 Å². The Morgan fingerprint density at radius 2 is 1.73 bits per heavy atom. The van der Waals surface area contributed by atoms with E-state index in [1.54, 1.807) is 12.1 Å². The van der Waals surface area contributed by atoms with Crippen molar-refractivity contribution in [2.45, 2.75) is 6.61 Å². The molecule has 2 aromatic carbocycles. The molecule has 1 aromatic heterocycles. The first kappa shape index (κ1) is 14.7. The van der Waals surface area contributed by atoms with Crippen LogP contribution in [0.4, 0.5) is 6.01 Å². The number of benzene rings is 2. The highest BCUT2D eigenvalue weighted by molar-refractivity contribution is 6.37. The lowest BCUT2D eigenvalue weighted by atomic mass is 10.2. The van der Waals surface area contributed by atoms with Crippen LogP contribution >= 0.6 is 23.2 Å². The maximum absolute atomic E-state index is 6.23. The fourth-order valence-electron chi connectivity index (χ4n) is 1.90. The predicted molar refractivity (Wildman–Crippen MR) is 84.9 cm³/mol. The van der Waals surface area contributed by atoms with Crippen LogP contribution in [0.25, 0.3) is 11.5 Å². The first-order valence-corrected chi connectivity index (χ1v) is 7.14. The third kappa shape index (κ3) is 3.16. The van der Waals surface area contributed by atoms with Crippen LogP contribution in [0.5, 0.6) is 5.75 Å². The van der Waals surface area contributed by atoms with Gasteiger partial charge in [-0.2, -0.15) is 0 Å². The minimum Gasteiger partial charge on any atom is -0.486 e. The fraction of sp³-hybridized carbons (Fsp3) is 0.0667. The van der Waals surface area contributed by atoms with Gasteiger partial charge in [0.1, 0.15) is 6.61 Å². The van der Waals surface area contributed by atoms with Crippen molar-refractivity contribution in [1.82, 2.24) is 10.2 Å². The number of aromatic nitrogens is 2. The Morgan fingerprint density at radius 1 is 1.05 bits per heavy atom. The van der Waals surface area contributed by atoms with Gasteiger partial charge >= 0.3 is 6.01 Å². The molecule has 0 aliphatic carbocycles. The normalized spacial score (nSPS) is 10.6. The number of nitrogens with two attached hydrogens (primary N) is 1. The van der Waals surface area contributed by atoms with E-state index in [1.165, 1.54) is 0 Å². The van der Waals surface area contributed by atoms with E-state index in [0.717, 1.165) is 5.56 Å². The Balaban J connectivity index is 1.84. The van der Waals surface area contributed by atoms with Gasteiger partial charge in [0.05, 0.1) is 10.0 Å². The minimum absolute atomic E-state index is 0.0216. The Hall–Kier alpha value is -2.24. The Labute approximate surface area is 136 Å². The van der Waals surface area contributed by atoms with Gasteiger partial charge in [0.2, 0.25) is 5.89 Å². The van der Waals surface area contributed by atoms with Crippen molar-refractivity contribution >= 4 is 29.2 Å². The number of ether oxygens (including phenoxy) is 1. The molecule has 5 nitrogen and oxygen atoms in total. The van der Waals surface area contributed by atoms with Crippen LogP contribution in [0.15, 0.2) is 46.9 Å². The molecular weight excluding hydrogens is 325 g/mol. The van der Waals surface area contributed by atoms with E-state index in [-0.39, 0.29) is 11.9 Å². The summed E-state index contributed by atoms with van der Waals surface area (Å²) in [4.78, 5) is 0. The SMILES string of the molecule is Nc1nnc(-c2cc(Cl)c(OCc3ccccc3)c(Cl)c2)o1. The summed E-state index contributed by atoms with van der Waals surface area (Å²) in [5.74, 6) is 0.652. The maximum atomic E-state index is 6.23. The smallest absolute Gasteiger partial charge is 0.313 e. The average molecular weight is 336 g/mol. The summed E-state index contributed by atoms with van der Waals surface area (Å²) in [5.41, 5.74) is 7.00. The number of hydrogen-bond donors (Lipinski definition) is 1. The molecule has 2 N–H and O–H groups in total. The molecular formula is C15H11Cl2N3O2. The monoisotopic (exact) mass is 335 g/mol. The molecule has 112 valence electrons. The Bertz CT molecular complexity index is 767. The topological polar surface area (TPSA) is 74.2 Å². The van der Waals surface area contributed by atoms with Crippen molar-refractivity contribution in [1.29, 1.82) is 0 Å². The molecule has 3 aromatic rings. The van der Waals surface area contributed by atoms with Gasteiger partial charge in [-0.05, 0) is 17.7 Å². The van der Waals surface area contributed by atoms with Crippen LogP contribution in [-0.2, 0) is 6.61 Å². The van der Waals surface area contributed by atoms with Gasteiger partial charge in [-0.3, -0.25) is 0 Å². The number of nitrogen functional groups attached to an aromatic ring is 1. The van der Waals surface area contributed by atoms with E-state index in [9.17, 15) is 0 Å². The molecule has 0 radical (unpaired) electrons. The second-order valence-corrected chi connectivity index (χ2v) is 5.30. The minimum atomic E-state index is -0.0216. The summed E-state index contributed by atoms with van der Waals surface area (Å²) >= 11 is 12.5. The fourth-order valence-corrected chi connectivity index (χ4v) is 2.50. The third-order valence-electron chi connectivity index (χ3n) is 2.91. The summed E-state index contributed by atoms with van der Waals surface area (Å²) in [6.45, 7) is 0.368. The van der Waals surface area contributed by atoms with Crippen molar-refractivity contribution in [3.05, 3.63) is 58.1 Å². The highest BCUT2D eigenvalue weighted by Crippen LogP contribution is 2.37. The molecule has 0 aliphatic heterocycles. The first-order valence-electron chi connectivity index (χ1n) is 6.38. The van der Waals surface area contributed by atoms with Gasteiger partial charge < -0.3 is 14.9 Å². The molecule has 0 saturated heterocycles. The quantitative estimate of drug-likeness (QED) is 0.773. The molecule has 22 heavy (non-hydrogen) atoms. The number of halogens is 2. The molecule has 0 aliphatic rings. The van der Waals surface area contributed by atoms with Crippen LogP contribution in [0, 0.1) is 0 Å². The molecule has 7 heteroatoms. The van der Waals surface area contributed by atoms with E-state index in [4.69, 9.17) is 38.1 Å². The lowest BCUT2D eigenvalue weighted by Gasteiger charge is -2.11. The van der Waals surface area contributed by atoms with Crippen molar-refractivity contribution in [2.24, 2.45) is 0 Å². The second-order valence-electron chi connectivity index (χ2n) is 4.49. The molecule has 3 rings (SSSR count). The average Bonchev–Trinajstić information content (AvgIpc) is 2.94. The molecule has 0 bridgehead atoms. The van der Waals surface area contributed by atoms with Crippen molar-refractivity contribution in [3.8, 4) is 17.2 Å². The Kier molecular flexibility index (Phi) is 4.18. The van der Waals surface area contributed by atoms with E-state index in [0.29, 0.717) is 28.0 Å². The number of anilines is 1. The molecule has 0 unspecified atom stereocenters. The van der Waals surface area contributed by atoms with E-state index in [1.807, 2.05) is 30.3 Å². The molecule has 0 fully saturated rings. The van der Waals surface area contributed by atoms with Gasteiger partial charge in [-0.15, -0.1) is 5.10 Å².